The molecule has 2 rings (SSSR count). The van der Waals surface area contributed by atoms with Crippen molar-refractivity contribution in [1.29, 1.82) is 0 Å². The number of nitrogens with zero attached hydrogens (tertiary/aromatic N) is 3. The van der Waals surface area contributed by atoms with Crippen molar-refractivity contribution in [3.05, 3.63) is 30.1 Å². The summed E-state index contributed by atoms with van der Waals surface area (Å²) in [5.74, 6) is 1.01. The van der Waals surface area contributed by atoms with Gasteiger partial charge in [0.2, 0.25) is 5.91 Å². The van der Waals surface area contributed by atoms with Crippen LogP contribution in [-0.2, 0) is 11.3 Å². The quantitative estimate of drug-likeness (QED) is 0.846. The molecular weight excluding hydrogens is 238 g/mol. The SMILES string of the molecule is CCC(C)n1c(CN(C)C(C)=O)nc2ccccc21. The first-order chi connectivity index (χ1) is 9.04. The second-order valence-corrected chi connectivity index (χ2v) is 5.02. The minimum atomic E-state index is 0.0581. The highest BCUT2D eigenvalue weighted by Crippen LogP contribution is 2.23. The average molecular weight is 259 g/mol. The Morgan fingerprint density at radius 3 is 2.74 bits per heavy atom. The van der Waals surface area contributed by atoms with Crippen LogP contribution in [0.2, 0.25) is 0 Å². The molecule has 0 aliphatic carbocycles. The first-order valence-electron chi connectivity index (χ1n) is 6.72. The van der Waals surface area contributed by atoms with Crippen LogP contribution in [0.15, 0.2) is 24.3 Å². The second kappa shape index (κ2) is 5.43. The molecule has 0 spiro atoms. The lowest BCUT2D eigenvalue weighted by atomic mass is 10.2. The summed E-state index contributed by atoms with van der Waals surface area (Å²) < 4.78 is 2.24. The molecule has 0 aliphatic rings. The molecule has 1 aromatic carbocycles. The largest absolute Gasteiger partial charge is 0.339 e. The number of amides is 1. The number of carbonyl (C=O) groups is 1. The van der Waals surface area contributed by atoms with E-state index >= 15 is 0 Å². The summed E-state index contributed by atoms with van der Waals surface area (Å²) in [5.41, 5.74) is 2.14. The number of aromatic nitrogens is 2. The first kappa shape index (κ1) is 13.6. The average Bonchev–Trinajstić information content (AvgIpc) is 2.75. The Kier molecular flexibility index (Phi) is 3.88. The van der Waals surface area contributed by atoms with Gasteiger partial charge in [-0.2, -0.15) is 0 Å². The molecule has 102 valence electrons. The molecule has 0 radical (unpaired) electrons. The molecule has 0 aliphatic heterocycles. The monoisotopic (exact) mass is 259 g/mol. The van der Waals surface area contributed by atoms with E-state index in [1.165, 1.54) is 0 Å². The summed E-state index contributed by atoms with van der Waals surface area (Å²) in [5, 5.41) is 0. The van der Waals surface area contributed by atoms with Gasteiger partial charge in [0.25, 0.3) is 0 Å². The second-order valence-electron chi connectivity index (χ2n) is 5.02. The number of benzene rings is 1. The third kappa shape index (κ3) is 2.62. The van der Waals surface area contributed by atoms with Crippen LogP contribution in [0.3, 0.4) is 0 Å². The molecule has 0 fully saturated rings. The van der Waals surface area contributed by atoms with Crippen molar-refractivity contribution in [3.63, 3.8) is 0 Å². The smallest absolute Gasteiger partial charge is 0.219 e. The highest BCUT2D eigenvalue weighted by Gasteiger charge is 2.16. The van der Waals surface area contributed by atoms with Crippen LogP contribution in [0.25, 0.3) is 11.0 Å². The number of hydrogen-bond donors (Lipinski definition) is 0. The van der Waals surface area contributed by atoms with E-state index in [0.717, 1.165) is 23.3 Å². The van der Waals surface area contributed by atoms with Gasteiger partial charge in [-0.1, -0.05) is 19.1 Å². The van der Waals surface area contributed by atoms with Crippen molar-refractivity contribution in [2.75, 3.05) is 7.05 Å². The van der Waals surface area contributed by atoms with Crippen molar-refractivity contribution in [2.45, 2.75) is 39.8 Å². The molecule has 1 aromatic heterocycles. The fraction of sp³-hybridized carbons (Fsp3) is 0.467. The molecule has 2 aromatic rings. The lowest BCUT2D eigenvalue weighted by Crippen LogP contribution is -2.25. The summed E-state index contributed by atoms with van der Waals surface area (Å²) >= 11 is 0. The van der Waals surface area contributed by atoms with E-state index in [9.17, 15) is 4.79 Å². The Morgan fingerprint density at radius 2 is 2.11 bits per heavy atom. The number of para-hydroxylation sites is 2. The van der Waals surface area contributed by atoms with Gasteiger partial charge in [-0.25, -0.2) is 4.98 Å². The summed E-state index contributed by atoms with van der Waals surface area (Å²) in [6.07, 6.45) is 1.04. The summed E-state index contributed by atoms with van der Waals surface area (Å²) in [6.45, 7) is 6.48. The van der Waals surface area contributed by atoms with Crippen LogP contribution in [0.4, 0.5) is 0 Å². The Balaban J connectivity index is 2.49. The van der Waals surface area contributed by atoms with Crippen LogP contribution < -0.4 is 0 Å². The molecule has 1 atom stereocenters. The number of rotatable bonds is 4. The Labute approximate surface area is 114 Å². The molecular formula is C15H21N3O. The lowest BCUT2D eigenvalue weighted by molar-refractivity contribution is -0.128. The van der Waals surface area contributed by atoms with E-state index in [2.05, 4.69) is 29.5 Å². The molecule has 19 heavy (non-hydrogen) atoms. The van der Waals surface area contributed by atoms with Gasteiger partial charge in [0, 0.05) is 20.0 Å². The van der Waals surface area contributed by atoms with Gasteiger partial charge >= 0.3 is 0 Å². The molecule has 4 nitrogen and oxygen atoms in total. The zero-order valence-corrected chi connectivity index (χ0v) is 12.1. The van der Waals surface area contributed by atoms with Crippen molar-refractivity contribution in [3.8, 4) is 0 Å². The zero-order chi connectivity index (χ0) is 14.0. The maximum Gasteiger partial charge on any atom is 0.219 e. The van der Waals surface area contributed by atoms with E-state index in [-0.39, 0.29) is 5.91 Å². The molecule has 0 saturated carbocycles. The van der Waals surface area contributed by atoms with Gasteiger partial charge in [-0.3, -0.25) is 4.79 Å². The first-order valence-corrected chi connectivity index (χ1v) is 6.72. The number of carbonyl (C=O) groups excluding carboxylic acids is 1. The van der Waals surface area contributed by atoms with Crippen molar-refractivity contribution in [1.82, 2.24) is 14.5 Å². The maximum absolute atomic E-state index is 11.4. The van der Waals surface area contributed by atoms with Crippen LogP contribution in [-0.4, -0.2) is 27.4 Å². The molecule has 0 saturated heterocycles. The Morgan fingerprint density at radius 1 is 1.42 bits per heavy atom. The molecule has 0 N–H and O–H groups in total. The van der Waals surface area contributed by atoms with Crippen LogP contribution in [0, 0.1) is 0 Å². The lowest BCUT2D eigenvalue weighted by Gasteiger charge is -2.19. The van der Waals surface area contributed by atoms with Gasteiger partial charge in [-0.05, 0) is 25.5 Å². The summed E-state index contributed by atoms with van der Waals surface area (Å²) in [7, 11) is 1.81. The predicted molar refractivity (Wildman–Crippen MR) is 76.9 cm³/mol. The van der Waals surface area contributed by atoms with Crippen molar-refractivity contribution < 1.29 is 4.79 Å². The van der Waals surface area contributed by atoms with Gasteiger partial charge in [-0.15, -0.1) is 0 Å². The fourth-order valence-electron chi connectivity index (χ4n) is 2.20. The third-order valence-corrected chi connectivity index (χ3v) is 3.62. The minimum absolute atomic E-state index is 0.0581. The van der Waals surface area contributed by atoms with Gasteiger partial charge in [0.1, 0.15) is 5.82 Å². The summed E-state index contributed by atoms with van der Waals surface area (Å²) in [4.78, 5) is 17.8. The molecule has 1 amide bonds. The van der Waals surface area contributed by atoms with Gasteiger partial charge in [0.05, 0.1) is 17.6 Å². The normalized spacial score (nSPS) is 12.6. The van der Waals surface area contributed by atoms with Gasteiger partial charge < -0.3 is 9.47 Å². The Hall–Kier alpha value is -1.84. The third-order valence-electron chi connectivity index (χ3n) is 3.62. The van der Waals surface area contributed by atoms with Gasteiger partial charge in [0.15, 0.2) is 0 Å². The fourth-order valence-corrected chi connectivity index (χ4v) is 2.20. The van der Waals surface area contributed by atoms with E-state index in [4.69, 9.17) is 0 Å². The number of imidazole rings is 1. The van der Waals surface area contributed by atoms with E-state index < -0.39 is 0 Å². The van der Waals surface area contributed by atoms with Crippen LogP contribution >= 0.6 is 0 Å². The number of hydrogen-bond acceptors (Lipinski definition) is 2. The standard InChI is InChI=1S/C15H21N3O/c1-5-11(2)18-14-9-7-6-8-13(14)16-15(18)10-17(4)12(3)19/h6-9,11H,5,10H2,1-4H3. The molecule has 4 heteroatoms. The number of fused-ring (bicyclic) bond motifs is 1. The van der Waals surface area contributed by atoms with E-state index in [1.54, 1.807) is 11.8 Å². The van der Waals surface area contributed by atoms with Crippen LogP contribution in [0.1, 0.15) is 39.1 Å². The van der Waals surface area contributed by atoms with Crippen molar-refractivity contribution in [2.24, 2.45) is 0 Å². The zero-order valence-electron chi connectivity index (χ0n) is 12.1. The summed E-state index contributed by atoms with van der Waals surface area (Å²) in [6, 6.07) is 8.51. The minimum Gasteiger partial charge on any atom is -0.339 e. The van der Waals surface area contributed by atoms with E-state index in [1.807, 2.05) is 25.2 Å². The molecule has 0 bridgehead atoms. The maximum atomic E-state index is 11.4. The van der Waals surface area contributed by atoms with E-state index in [0.29, 0.717) is 12.6 Å². The highest BCUT2D eigenvalue weighted by atomic mass is 16.2. The highest BCUT2D eigenvalue weighted by molar-refractivity contribution is 5.76. The predicted octanol–water partition coefficient (Wildman–Crippen LogP) is 2.99. The van der Waals surface area contributed by atoms with Crippen molar-refractivity contribution >= 4 is 16.9 Å². The van der Waals surface area contributed by atoms with Crippen LogP contribution in [0.5, 0.6) is 0 Å². The molecule has 1 heterocycles. The Bertz CT molecular complexity index is 588. The topological polar surface area (TPSA) is 38.1 Å². The molecule has 1 unspecified atom stereocenters.